The zero-order valence-electron chi connectivity index (χ0n) is 13.8. The average molecular weight is 341 g/mol. The van der Waals surface area contributed by atoms with Crippen LogP contribution in [-0.4, -0.2) is 41.3 Å². The molecule has 7 heteroatoms. The molecule has 0 aliphatic carbocycles. The smallest absolute Gasteiger partial charge is 0.337 e. The van der Waals surface area contributed by atoms with Gasteiger partial charge in [-0.2, -0.15) is 0 Å². The van der Waals surface area contributed by atoms with Crippen molar-refractivity contribution in [3.63, 3.8) is 0 Å². The highest BCUT2D eigenvalue weighted by Crippen LogP contribution is 2.10. The highest BCUT2D eigenvalue weighted by molar-refractivity contribution is 6.34. The van der Waals surface area contributed by atoms with Crippen LogP contribution in [0.3, 0.4) is 0 Å². The van der Waals surface area contributed by atoms with Gasteiger partial charge in [0.15, 0.2) is 0 Å². The summed E-state index contributed by atoms with van der Waals surface area (Å²) < 4.78 is 4.64. The minimum Gasteiger partial charge on any atom is -0.465 e. The first-order chi connectivity index (χ1) is 12.0. The third kappa shape index (κ3) is 5.13. The summed E-state index contributed by atoms with van der Waals surface area (Å²) >= 11 is 0. The molecule has 0 saturated heterocycles. The Kier molecular flexibility index (Phi) is 6.22. The van der Waals surface area contributed by atoms with Gasteiger partial charge in [-0.3, -0.25) is 14.6 Å². The predicted octanol–water partition coefficient (Wildman–Crippen LogP) is 0.925. The number of carbonyl (C=O) groups is 3. The molecule has 2 amide bonds. The first-order valence-corrected chi connectivity index (χ1v) is 7.67. The van der Waals surface area contributed by atoms with Crippen molar-refractivity contribution in [3.05, 3.63) is 65.5 Å². The van der Waals surface area contributed by atoms with Crippen LogP contribution < -0.4 is 5.73 Å². The van der Waals surface area contributed by atoms with Crippen molar-refractivity contribution in [3.8, 4) is 0 Å². The number of esters is 1. The molecule has 2 aromatic rings. The highest BCUT2D eigenvalue weighted by Gasteiger charge is 2.19. The fourth-order valence-corrected chi connectivity index (χ4v) is 2.29. The predicted molar refractivity (Wildman–Crippen MR) is 90.3 cm³/mol. The first-order valence-electron chi connectivity index (χ1n) is 7.67. The first kappa shape index (κ1) is 18.1. The molecule has 0 unspecified atom stereocenters. The number of methoxy groups -OCH3 is 1. The second-order valence-corrected chi connectivity index (χ2v) is 5.35. The van der Waals surface area contributed by atoms with Gasteiger partial charge in [0.2, 0.25) is 0 Å². The number of aromatic nitrogens is 1. The summed E-state index contributed by atoms with van der Waals surface area (Å²) in [6.45, 7) is 0.508. The van der Waals surface area contributed by atoms with Crippen LogP contribution in [0.4, 0.5) is 0 Å². The third-order valence-corrected chi connectivity index (χ3v) is 3.61. The lowest BCUT2D eigenvalue weighted by molar-refractivity contribution is -0.144. The number of benzene rings is 1. The number of nitrogens with zero attached hydrogens (tertiary/aromatic N) is 2. The SMILES string of the molecule is COC(=O)c1ccc(CN(CCc2ccccn2)C(=O)C(N)=O)cc1. The van der Waals surface area contributed by atoms with Crippen LogP contribution in [0, 0.1) is 0 Å². The Morgan fingerprint density at radius 3 is 2.40 bits per heavy atom. The summed E-state index contributed by atoms with van der Waals surface area (Å²) in [4.78, 5) is 40.3. The molecule has 2 N–H and O–H groups in total. The quantitative estimate of drug-likeness (QED) is 0.622. The number of hydrogen-bond donors (Lipinski definition) is 1. The van der Waals surface area contributed by atoms with Gasteiger partial charge in [0.05, 0.1) is 12.7 Å². The topological polar surface area (TPSA) is 103 Å². The summed E-state index contributed by atoms with van der Waals surface area (Å²) in [6, 6.07) is 12.1. The molecule has 0 bridgehead atoms. The Labute approximate surface area is 145 Å². The fourth-order valence-electron chi connectivity index (χ4n) is 2.29. The van der Waals surface area contributed by atoms with Crippen molar-refractivity contribution in [2.24, 2.45) is 5.73 Å². The van der Waals surface area contributed by atoms with E-state index in [1.165, 1.54) is 12.0 Å². The largest absolute Gasteiger partial charge is 0.465 e. The van der Waals surface area contributed by atoms with E-state index in [0.717, 1.165) is 11.3 Å². The van der Waals surface area contributed by atoms with E-state index in [9.17, 15) is 14.4 Å². The van der Waals surface area contributed by atoms with Crippen molar-refractivity contribution >= 4 is 17.8 Å². The molecule has 130 valence electrons. The van der Waals surface area contributed by atoms with Crippen LogP contribution in [0.1, 0.15) is 21.6 Å². The number of amides is 2. The Balaban J connectivity index is 2.09. The van der Waals surface area contributed by atoms with Gasteiger partial charge < -0.3 is 15.4 Å². The maximum Gasteiger partial charge on any atom is 0.337 e. The van der Waals surface area contributed by atoms with E-state index in [0.29, 0.717) is 18.5 Å². The number of pyridine rings is 1. The summed E-state index contributed by atoms with van der Waals surface area (Å²) in [7, 11) is 1.31. The lowest BCUT2D eigenvalue weighted by Gasteiger charge is -2.21. The van der Waals surface area contributed by atoms with Crippen molar-refractivity contribution in [1.29, 1.82) is 0 Å². The lowest BCUT2D eigenvalue weighted by Crippen LogP contribution is -2.41. The zero-order valence-corrected chi connectivity index (χ0v) is 13.8. The van der Waals surface area contributed by atoms with E-state index in [1.807, 2.05) is 12.1 Å². The van der Waals surface area contributed by atoms with Crippen LogP contribution in [0.2, 0.25) is 0 Å². The molecule has 2 rings (SSSR count). The fraction of sp³-hybridized carbons (Fsp3) is 0.222. The van der Waals surface area contributed by atoms with Gasteiger partial charge in [-0.05, 0) is 29.8 Å². The van der Waals surface area contributed by atoms with Crippen molar-refractivity contribution in [1.82, 2.24) is 9.88 Å². The Morgan fingerprint density at radius 1 is 1.12 bits per heavy atom. The van der Waals surface area contributed by atoms with Gasteiger partial charge in [-0.1, -0.05) is 18.2 Å². The van der Waals surface area contributed by atoms with Crippen molar-refractivity contribution in [2.45, 2.75) is 13.0 Å². The molecule has 25 heavy (non-hydrogen) atoms. The van der Waals surface area contributed by atoms with E-state index in [2.05, 4.69) is 9.72 Å². The minimum atomic E-state index is -1.01. The van der Waals surface area contributed by atoms with E-state index in [1.54, 1.807) is 36.5 Å². The maximum absolute atomic E-state index is 12.0. The molecule has 0 aliphatic heterocycles. The summed E-state index contributed by atoms with van der Waals surface area (Å²) in [6.07, 6.45) is 2.17. The summed E-state index contributed by atoms with van der Waals surface area (Å²) in [5.74, 6) is -2.20. The Bertz CT molecular complexity index is 745. The molecule has 0 fully saturated rings. The molecule has 1 aromatic carbocycles. The van der Waals surface area contributed by atoms with Gasteiger partial charge in [0.1, 0.15) is 0 Å². The van der Waals surface area contributed by atoms with Crippen molar-refractivity contribution < 1.29 is 19.1 Å². The second-order valence-electron chi connectivity index (χ2n) is 5.35. The van der Waals surface area contributed by atoms with Crippen LogP contribution in [-0.2, 0) is 27.3 Å². The van der Waals surface area contributed by atoms with Crippen molar-refractivity contribution in [2.75, 3.05) is 13.7 Å². The number of rotatable bonds is 6. The molecule has 1 heterocycles. The van der Waals surface area contributed by atoms with Crippen LogP contribution in [0.25, 0.3) is 0 Å². The molecule has 0 atom stereocenters. The van der Waals surface area contributed by atoms with Gasteiger partial charge in [-0.25, -0.2) is 4.79 Å². The molecule has 0 radical (unpaired) electrons. The van der Waals surface area contributed by atoms with Gasteiger partial charge in [0, 0.05) is 31.4 Å². The van der Waals surface area contributed by atoms with E-state index < -0.39 is 17.8 Å². The number of primary amides is 1. The zero-order chi connectivity index (χ0) is 18.2. The molecule has 7 nitrogen and oxygen atoms in total. The normalized spacial score (nSPS) is 10.1. The minimum absolute atomic E-state index is 0.204. The monoisotopic (exact) mass is 341 g/mol. The van der Waals surface area contributed by atoms with E-state index >= 15 is 0 Å². The second kappa shape index (κ2) is 8.58. The van der Waals surface area contributed by atoms with Crippen LogP contribution in [0.5, 0.6) is 0 Å². The summed E-state index contributed by atoms with van der Waals surface area (Å²) in [5.41, 5.74) is 7.12. The Morgan fingerprint density at radius 2 is 1.84 bits per heavy atom. The van der Waals surface area contributed by atoms with E-state index in [-0.39, 0.29) is 6.54 Å². The molecule has 0 aliphatic rings. The molecular weight excluding hydrogens is 322 g/mol. The average Bonchev–Trinajstić information content (AvgIpc) is 2.65. The molecule has 0 saturated carbocycles. The lowest BCUT2D eigenvalue weighted by atomic mass is 10.1. The number of nitrogens with two attached hydrogens (primary N) is 1. The van der Waals surface area contributed by atoms with Gasteiger partial charge in [0.25, 0.3) is 0 Å². The molecular formula is C18H19N3O4. The molecule has 0 spiro atoms. The standard InChI is InChI=1S/C18H19N3O4/c1-25-18(24)14-7-5-13(6-8-14)12-21(17(23)16(19)22)11-9-15-4-2-3-10-20-15/h2-8,10H,9,11-12H2,1H3,(H2,19,22). The number of carbonyl (C=O) groups excluding carboxylic acids is 3. The van der Waals surface area contributed by atoms with Gasteiger partial charge >= 0.3 is 17.8 Å². The Hall–Kier alpha value is -3.22. The van der Waals surface area contributed by atoms with E-state index in [4.69, 9.17) is 5.73 Å². The maximum atomic E-state index is 12.0. The summed E-state index contributed by atoms with van der Waals surface area (Å²) in [5, 5.41) is 0. The third-order valence-electron chi connectivity index (χ3n) is 3.61. The van der Waals surface area contributed by atoms with Crippen LogP contribution in [0.15, 0.2) is 48.7 Å². The highest BCUT2D eigenvalue weighted by atomic mass is 16.5. The number of hydrogen-bond acceptors (Lipinski definition) is 5. The molecule has 1 aromatic heterocycles. The van der Waals surface area contributed by atoms with Gasteiger partial charge in [-0.15, -0.1) is 0 Å². The van der Waals surface area contributed by atoms with Crippen LogP contribution >= 0.6 is 0 Å². The number of ether oxygens (including phenoxy) is 1.